The molecular weight excluding hydrogens is 410 g/mol. The number of fused-ring (bicyclic) bond motifs is 1. The quantitative estimate of drug-likeness (QED) is 0.543. The van der Waals surface area contributed by atoms with Crippen molar-refractivity contribution in [2.45, 2.75) is 45.6 Å². The topological polar surface area (TPSA) is 103 Å². The van der Waals surface area contributed by atoms with E-state index in [1.165, 1.54) is 6.08 Å². The first-order valence-corrected chi connectivity index (χ1v) is 10.6. The highest BCUT2D eigenvalue weighted by Crippen LogP contribution is 2.37. The van der Waals surface area contributed by atoms with E-state index in [1.807, 2.05) is 13.8 Å². The van der Waals surface area contributed by atoms with Crippen LogP contribution in [0.1, 0.15) is 54.1 Å². The first-order valence-electron chi connectivity index (χ1n) is 10.6. The van der Waals surface area contributed by atoms with Gasteiger partial charge >= 0.3 is 5.97 Å². The van der Waals surface area contributed by atoms with Crippen molar-refractivity contribution in [1.82, 2.24) is 4.57 Å². The molecule has 8 heteroatoms. The van der Waals surface area contributed by atoms with Gasteiger partial charge in [0, 0.05) is 17.8 Å². The second-order valence-electron chi connectivity index (χ2n) is 7.96. The Labute approximate surface area is 186 Å². The molecule has 1 amide bonds. The SMILES string of the molecule is Cc1c(C#N)c(NC(=O)COC(=O)/C=C/c2ccc3c(c2)OCO3)n(C2CCCC2)c1C. The Morgan fingerprint density at radius 2 is 2.00 bits per heavy atom. The molecule has 2 aliphatic rings. The van der Waals surface area contributed by atoms with Crippen LogP contribution in [-0.2, 0) is 14.3 Å². The van der Waals surface area contributed by atoms with Crippen LogP contribution in [0.25, 0.3) is 6.08 Å². The fourth-order valence-electron chi connectivity index (χ4n) is 4.24. The fraction of sp³-hybridized carbons (Fsp3) is 0.375. The van der Waals surface area contributed by atoms with Gasteiger partial charge in [0.1, 0.15) is 11.9 Å². The minimum Gasteiger partial charge on any atom is -0.454 e. The summed E-state index contributed by atoms with van der Waals surface area (Å²) in [7, 11) is 0. The van der Waals surface area contributed by atoms with Crippen molar-refractivity contribution in [3.05, 3.63) is 46.7 Å². The number of esters is 1. The van der Waals surface area contributed by atoms with Crippen molar-refractivity contribution in [3.8, 4) is 17.6 Å². The van der Waals surface area contributed by atoms with Gasteiger partial charge in [0.25, 0.3) is 5.91 Å². The van der Waals surface area contributed by atoms with Gasteiger partial charge in [0.15, 0.2) is 18.1 Å². The Morgan fingerprint density at radius 1 is 1.25 bits per heavy atom. The summed E-state index contributed by atoms with van der Waals surface area (Å²) in [6.45, 7) is 3.58. The van der Waals surface area contributed by atoms with Crippen LogP contribution in [0.5, 0.6) is 11.5 Å². The van der Waals surface area contributed by atoms with Crippen LogP contribution in [0.3, 0.4) is 0 Å². The van der Waals surface area contributed by atoms with Crippen LogP contribution in [0.4, 0.5) is 5.82 Å². The lowest BCUT2D eigenvalue weighted by Crippen LogP contribution is -2.23. The zero-order chi connectivity index (χ0) is 22.7. The summed E-state index contributed by atoms with van der Waals surface area (Å²) in [5.41, 5.74) is 3.04. The molecule has 1 fully saturated rings. The zero-order valence-electron chi connectivity index (χ0n) is 18.1. The second kappa shape index (κ2) is 9.18. The molecule has 0 unspecified atom stereocenters. The van der Waals surface area contributed by atoms with E-state index in [0.29, 0.717) is 22.9 Å². The van der Waals surface area contributed by atoms with E-state index < -0.39 is 18.5 Å². The lowest BCUT2D eigenvalue weighted by atomic mass is 10.2. The highest BCUT2D eigenvalue weighted by Gasteiger charge is 2.26. The predicted molar refractivity (Wildman–Crippen MR) is 117 cm³/mol. The molecule has 1 aliphatic heterocycles. The molecule has 1 aromatic heterocycles. The van der Waals surface area contributed by atoms with Crippen LogP contribution < -0.4 is 14.8 Å². The van der Waals surface area contributed by atoms with Crippen molar-refractivity contribution in [1.29, 1.82) is 5.26 Å². The van der Waals surface area contributed by atoms with Gasteiger partial charge in [0.2, 0.25) is 6.79 Å². The number of amides is 1. The van der Waals surface area contributed by atoms with Gasteiger partial charge in [-0.15, -0.1) is 0 Å². The van der Waals surface area contributed by atoms with Crippen molar-refractivity contribution in [3.63, 3.8) is 0 Å². The van der Waals surface area contributed by atoms with Crippen LogP contribution >= 0.6 is 0 Å². The lowest BCUT2D eigenvalue weighted by Gasteiger charge is -2.19. The number of ether oxygens (including phenoxy) is 3. The standard InChI is InChI=1S/C24H25N3O5/c1-15-16(2)27(18-5-3-4-6-18)24(19(15)12-25)26-22(28)13-30-23(29)10-8-17-7-9-20-21(11-17)32-14-31-20/h7-11,18H,3-6,13-14H2,1-2H3,(H,26,28)/b10-8+. The van der Waals surface area contributed by atoms with Crippen molar-refractivity contribution >= 4 is 23.8 Å². The smallest absolute Gasteiger partial charge is 0.331 e. The molecule has 1 saturated carbocycles. The van der Waals surface area contributed by atoms with Gasteiger partial charge in [-0.3, -0.25) is 4.79 Å². The van der Waals surface area contributed by atoms with Crippen molar-refractivity contribution < 1.29 is 23.8 Å². The van der Waals surface area contributed by atoms with Gasteiger partial charge in [0.05, 0.1) is 5.56 Å². The Hall–Kier alpha value is -3.73. The minimum absolute atomic E-state index is 0.177. The molecule has 32 heavy (non-hydrogen) atoms. The van der Waals surface area contributed by atoms with Crippen LogP contribution in [0.15, 0.2) is 24.3 Å². The lowest BCUT2D eigenvalue weighted by molar-refractivity contribution is -0.142. The fourth-order valence-corrected chi connectivity index (χ4v) is 4.24. The maximum Gasteiger partial charge on any atom is 0.331 e. The highest BCUT2D eigenvalue weighted by atomic mass is 16.7. The molecule has 1 aliphatic carbocycles. The van der Waals surface area contributed by atoms with E-state index in [4.69, 9.17) is 14.2 Å². The molecule has 0 bridgehead atoms. The van der Waals surface area contributed by atoms with Crippen molar-refractivity contribution in [2.75, 3.05) is 18.7 Å². The summed E-state index contributed by atoms with van der Waals surface area (Å²) in [5.74, 6) is 0.640. The number of anilines is 1. The van der Waals surface area contributed by atoms with Gasteiger partial charge in [-0.2, -0.15) is 5.26 Å². The Morgan fingerprint density at radius 3 is 2.75 bits per heavy atom. The number of rotatable bonds is 6. The summed E-state index contributed by atoms with van der Waals surface area (Å²) >= 11 is 0. The summed E-state index contributed by atoms with van der Waals surface area (Å²) in [5, 5.41) is 12.4. The summed E-state index contributed by atoms with van der Waals surface area (Å²) in [4.78, 5) is 24.6. The number of nitrogens with one attached hydrogen (secondary N) is 1. The number of hydrogen-bond acceptors (Lipinski definition) is 6. The summed E-state index contributed by atoms with van der Waals surface area (Å²) in [6.07, 6.45) is 7.12. The maximum atomic E-state index is 12.5. The van der Waals surface area contributed by atoms with Gasteiger partial charge in [-0.25, -0.2) is 4.79 Å². The zero-order valence-corrected chi connectivity index (χ0v) is 18.1. The Balaban J connectivity index is 1.38. The first kappa shape index (κ1) is 21.5. The third kappa shape index (κ3) is 4.33. The number of benzene rings is 1. The molecule has 0 atom stereocenters. The molecule has 2 heterocycles. The average Bonchev–Trinajstić information content (AvgIpc) is 3.52. The largest absolute Gasteiger partial charge is 0.454 e. The number of carbonyl (C=O) groups is 2. The van der Waals surface area contributed by atoms with E-state index in [1.54, 1.807) is 24.3 Å². The predicted octanol–water partition coefficient (Wildman–Crippen LogP) is 4.02. The van der Waals surface area contributed by atoms with E-state index >= 15 is 0 Å². The second-order valence-corrected chi connectivity index (χ2v) is 7.96. The molecule has 8 nitrogen and oxygen atoms in total. The molecule has 0 radical (unpaired) electrons. The number of hydrogen-bond donors (Lipinski definition) is 1. The maximum absolute atomic E-state index is 12.5. The van der Waals surface area contributed by atoms with Crippen LogP contribution in [-0.4, -0.2) is 29.8 Å². The van der Waals surface area contributed by atoms with E-state index in [-0.39, 0.29) is 12.8 Å². The van der Waals surface area contributed by atoms with Crippen LogP contribution in [0.2, 0.25) is 0 Å². The summed E-state index contributed by atoms with van der Waals surface area (Å²) in [6, 6.07) is 7.77. The van der Waals surface area contributed by atoms with Crippen molar-refractivity contribution in [2.24, 2.45) is 0 Å². The number of aromatic nitrogens is 1. The summed E-state index contributed by atoms with van der Waals surface area (Å²) < 4.78 is 17.7. The van der Waals surface area contributed by atoms with Gasteiger partial charge < -0.3 is 24.1 Å². The van der Waals surface area contributed by atoms with E-state index in [0.717, 1.165) is 42.5 Å². The first-order chi connectivity index (χ1) is 15.5. The average molecular weight is 435 g/mol. The normalized spacial score (nSPS) is 15.2. The van der Waals surface area contributed by atoms with Gasteiger partial charge in [-0.1, -0.05) is 18.9 Å². The van der Waals surface area contributed by atoms with E-state index in [9.17, 15) is 14.9 Å². The molecule has 4 rings (SSSR count). The molecule has 2 aromatic rings. The third-order valence-electron chi connectivity index (χ3n) is 5.97. The third-order valence-corrected chi connectivity index (χ3v) is 5.97. The molecule has 0 spiro atoms. The highest BCUT2D eigenvalue weighted by molar-refractivity contribution is 5.95. The molecular formula is C24H25N3O5. The monoisotopic (exact) mass is 435 g/mol. The molecule has 1 N–H and O–H groups in total. The molecule has 0 saturated heterocycles. The van der Waals surface area contributed by atoms with Gasteiger partial charge in [-0.05, 0) is 56.0 Å². The number of nitriles is 1. The number of carbonyl (C=O) groups excluding carboxylic acids is 2. The Kier molecular flexibility index (Phi) is 6.17. The number of nitrogens with zero attached hydrogens (tertiary/aromatic N) is 2. The molecule has 166 valence electrons. The Bertz CT molecular complexity index is 1120. The minimum atomic E-state index is -0.642. The van der Waals surface area contributed by atoms with Crippen LogP contribution in [0, 0.1) is 25.2 Å². The van der Waals surface area contributed by atoms with E-state index in [2.05, 4.69) is 16.0 Å². The molecule has 1 aromatic carbocycles.